The zero-order valence-electron chi connectivity index (χ0n) is 24.1. The highest BCUT2D eigenvalue weighted by atomic mass is 32.1. The summed E-state index contributed by atoms with van der Waals surface area (Å²) in [5, 5.41) is 15.1. The van der Waals surface area contributed by atoms with E-state index in [4.69, 9.17) is 4.98 Å². The van der Waals surface area contributed by atoms with E-state index in [0.29, 0.717) is 5.56 Å². The fourth-order valence-corrected chi connectivity index (χ4v) is 7.01. The highest BCUT2D eigenvalue weighted by molar-refractivity contribution is 7.26. The Labute approximate surface area is 240 Å². The molecular weight excluding hydrogens is 504 g/mol. The van der Waals surface area contributed by atoms with Gasteiger partial charge in [0.2, 0.25) is 0 Å². The van der Waals surface area contributed by atoms with Gasteiger partial charge in [0.15, 0.2) is 0 Å². The van der Waals surface area contributed by atoms with Crippen molar-refractivity contribution in [1.82, 2.24) is 4.98 Å². The summed E-state index contributed by atoms with van der Waals surface area (Å²) in [5.41, 5.74) is 7.44. The van der Waals surface area contributed by atoms with Crippen LogP contribution in [0, 0.1) is 16.7 Å². The van der Waals surface area contributed by atoms with E-state index in [9.17, 15) is 5.26 Å². The Hall–Kier alpha value is -4.00. The molecule has 0 aliphatic carbocycles. The molecule has 2 nitrogen and oxygen atoms in total. The lowest BCUT2D eigenvalue weighted by Crippen LogP contribution is -2.12. The topological polar surface area (TPSA) is 36.7 Å². The molecule has 0 saturated carbocycles. The number of fused-ring (bicyclic) bond motifs is 4. The van der Waals surface area contributed by atoms with Crippen LogP contribution in [0.3, 0.4) is 0 Å². The van der Waals surface area contributed by atoms with Gasteiger partial charge in [0.25, 0.3) is 0 Å². The third-order valence-electron chi connectivity index (χ3n) is 7.60. The zero-order chi connectivity index (χ0) is 28.2. The third-order valence-corrected chi connectivity index (χ3v) is 8.85. The second kappa shape index (κ2) is 9.58. The van der Waals surface area contributed by atoms with E-state index >= 15 is 0 Å². The highest BCUT2D eigenvalue weighted by Gasteiger charge is 2.20. The number of nitrogens with zero attached hydrogens (tertiary/aromatic N) is 2. The molecule has 0 spiro atoms. The Kier molecular flexibility index (Phi) is 6.28. The lowest BCUT2D eigenvalue weighted by Gasteiger charge is -2.23. The molecule has 0 radical (unpaired) electrons. The summed E-state index contributed by atoms with van der Waals surface area (Å²) in [5.74, 6) is 0. The SMILES string of the molecule is CC(C)(C)Cc1cccc2c1sc1cc(-c3cc(-c4cc(C(C)(C)C)c5ccccc5c4)ncc3C#N)ccc12. The number of aromatic nitrogens is 1. The van der Waals surface area contributed by atoms with Crippen molar-refractivity contribution in [3.8, 4) is 28.5 Å². The predicted octanol–water partition coefficient (Wildman–Crippen LogP) is 10.7. The van der Waals surface area contributed by atoms with E-state index in [1.54, 1.807) is 6.20 Å². The number of hydrogen-bond acceptors (Lipinski definition) is 3. The molecule has 6 rings (SSSR count). The first kappa shape index (κ1) is 26.2. The molecule has 0 bridgehead atoms. The molecule has 40 heavy (non-hydrogen) atoms. The number of nitriles is 1. The molecule has 6 aromatic rings. The fraction of sp³-hybridized carbons (Fsp3) is 0.243. The second-order valence-corrected chi connectivity index (χ2v) is 14.1. The van der Waals surface area contributed by atoms with Gasteiger partial charge < -0.3 is 0 Å². The van der Waals surface area contributed by atoms with Gasteiger partial charge in [0, 0.05) is 37.5 Å². The summed E-state index contributed by atoms with van der Waals surface area (Å²) in [6.45, 7) is 13.6. The molecule has 0 fully saturated rings. The average molecular weight is 539 g/mol. The maximum absolute atomic E-state index is 10.0. The molecule has 0 aliphatic rings. The first-order chi connectivity index (χ1) is 19.0. The molecule has 0 unspecified atom stereocenters. The minimum absolute atomic E-state index is 0.0108. The largest absolute Gasteiger partial charge is 0.255 e. The fourth-order valence-electron chi connectivity index (χ4n) is 5.75. The smallest absolute Gasteiger partial charge is 0.101 e. The molecule has 0 atom stereocenters. The Morgan fingerprint density at radius 1 is 0.775 bits per heavy atom. The van der Waals surface area contributed by atoms with E-state index in [-0.39, 0.29) is 10.8 Å². The van der Waals surface area contributed by atoms with E-state index in [1.807, 2.05) is 11.3 Å². The van der Waals surface area contributed by atoms with Gasteiger partial charge in [0.1, 0.15) is 6.07 Å². The molecule has 0 N–H and O–H groups in total. The van der Waals surface area contributed by atoms with Crippen LogP contribution in [0.15, 0.2) is 85.1 Å². The summed E-state index contributed by atoms with van der Waals surface area (Å²) in [4.78, 5) is 4.76. The van der Waals surface area contributed by atoms with Gasteiger partial charge in [-0.3, -0.25) is 4.98 Å². The number of hydrogen-bond donors (Lipinski definition) is 0. The molecular formula is C37H34N2S. The Bertz CT molecular complexity index is 1960. The van der Waals surface area contributed by atoms with Crippen molar-refractivity contribution in [2.45, 2.75) is 53.4 Å². The Morgan fingerprint density at radius 2 is 1.55 bits per heavy atom. The van der Waals surface area contributed by atoms with Crippen molar-refractivity contribution in [3.05, 3.63) is 102 Å². The summed E-state index contributed by atoms with van der Waals surface area (Å²) >= 11 is 1.86. The standard InChI is InChI=1S/C37H34N2S/c1-36(2,3)20-25-11-9-13-30-29-15-14-24(18-34(29)40-35(25)30)31-19-33(39-22-27(31)21-38)26-16-23-10-7-8-12-28(23)32(17-26)37(4,5)6/h7-19,22H,20H2,1-6H3. The minimum atomic E-state index is -0.0108. The normalized spacial score (nSPS) is 12.3. The van der Waals surface area contributed by atoms with Crippen molar-refractivity contribution < 1.29 is 0 Å². The van der Waals surface area contributed by atoms with E-state index < -0.39 is 0 Å². The minimum Gasteiger partial charge on any atom is -0.255 e. The van der Waals surface area contributed by atoms with Crippen molar-refractivity contribution in [3.63, 3.8) is 0 Å². The highest BCUT2D eigenvalue weighted by Crippen LogP contribution is 2.41. The van der Waals surface area contributed by atoms with E-state index in [1.165, 1.54) is 42.1 Å². The van der Waals surface area contributed by atoms with Crippen LogP contribution in [0.2, 0.25) is 0 Å². The summed E-state index contributed by atoms with van der Waals surface area (Å²) in [7, 11) is 0. The van der Waals surface area contributed by atoms with Gasteiger partial charge >= 0.3 is 0 Å². The summed E-state index contributed by atoms with van der Waals surface area (Å²) in [6, 6.07) is 30.8. The monoisotopic (exact) mass is 538 g/mol. The van der Waals surface area contributed by atoms with Crippen LogP contribution in [-0.4, -0.2) is 4.98 Å². The molecule has 0 saturated heterocycles. The molecule has 4 aromatic carbocycles. The Balaban J connectivity index is 1.51. The lowest BCUT2D eigenvalue weighted by atomic mass is 9.82. The average Bonchev–Trinajstić information content (AvgIpc) is 3.30. The van der Waals surface area contributed by atoms with Crippen molar-refractivity contribution in [2.24, 2.45) is 5.41 Å². The maximum atomic E-state index is 10.0. The molecule has 2 heterocycles. The van der Waals surface area contributed by atoms with Gasteiger partial charge in [-0.2, -0.15) is 5.26 Å². The van der Waals surface area contributed by atoms with Gasteiger partial charge in [-0.25, -0.2) is 0 Å². The number of pyridine rings is 1. The Morgan fingerprint density at radius 3 is 2.30 bits per heavy atom. The van der Waals surface area contributed by atoms with Crippen LogP contribution in [0.25, 0.3) is 53.3 Å². The second-order valence-electron chi connectivity index (χ2n) is 13.1. The lowest BCUT2D eigenvalue weighted by molar-refractivity contribution is 0.413. The molecule has 0 amide bonds. The quantitative estimate of drug-likeness (QED) is 0.225. The van der Waals surface area contributed by atoms with E-state index in [0.717, 1.165) is 28.8 Å². The molecule has 3 heteroatoms. The summed E-state index contributed by atoms with van der Waals surface area (Å²) < 4.78 is 2.61. The first-order valence-electron chi connectivity index (χ1n) is 13.9. The van der Waals surface area contributed by atoms with Crippen LogP contribution >= 0.6 is 11.3 Å². The van der Waals surface area contributed by atoms with Gasteiger partial charge in [-0.1, -0.05) is 96.1 Å². The number of thiophene rings is 1. The number of rotatable bonds is 3. The number of benzene rings is 4. The molecule has 2 aromatic heterocycles. The predicted molar refractivity (Wildman–Crippen MR) is 172 cm³/mol. The molecule has 198 valence electrons. The van der Waals surface area contributed by atoms with Crippen molar-refractivity contribution in [2.75, 3.05) is 0 Å². The van der Waals surface area contributed by atoms with E-state index in [2.05, 4.69) is 126 Å². The summed E-state index contributed by atoms with van der Waals surface area (Å²) in [6.07, 6.45) is 2.77. The van der Waals surface area contributed by atoms with Gasteiger partial charge in [0.05, 0.1) is 11.3 Å². The van der Waals surface area contributed by atoms with Crippen LogP contribution in [0.5, 0.6) is 0 Å². The van der Waals surface area contributed by atoms with Gasteiger partial charge in [-0.05, 0) is 69.0 Å². The molecule has 0 aliphatic heterocycles. The zero-order valence-corrected chi connectivity index (χ0v) is 24.9. The first-order valence-corrected chi connectivity index (χ1v) is 14.7. The van der Waals surface area contributed by atoms with Crippen molar-refractivity contribution in [1.29, 1.82) is 5.26 Å². The maximum Gasteiger partial charge on any atom is 0.101 e. The van der Waals surface area contributed by atoms with Crippen LogP contribution in [-0.2, 0) is 11.8 Å². The van der Waals surface area contributed by atoms with Gasteiger partial charge in [-0.15, -0.1) is 11.3 Å². The third kappa shape index (κ3) is 4.78. The van der Waals surface area contributed by atoms with Crippen LogP contribution < -0.4 is 0 Å². The van der Waals surface area contributed by atoms with Crippen molar-refractivity contribution >= 4 is 42.3 Å². The van der Waals surface area contributed by atoms with Crippen LogP contribution in [0.1, 0.15) is 58.2 Å². The van der Waals surface area contributed by atoms with Crippen LogP contribution in [0.4, 0.5) is 0 Å².